The highest BCUT2D eigenvalue weighted by Crippen LogP contribution is 2.42. The number of rotatable bonds is 2. The van der Waals surface area contributed by atoms with Gasteiger partial charge in [0.05, 0.1) is 18.2 Å². The monoisotopic (exact) mass is 294 g/mol. The first kappa shape index (κ1) is 13.0. The zero-order valence-electron chi connectivity index (χ0n) is 12.2. The van der Waals surface area contributed by atoms with Crippen molar-refractivity contribution in [3.05, 3.63) is 47.7 Å². The van der Waals surface area contributed by atoms with E-state index in [2.05, 4.69) is 10.3 Å². The number of hydrogen-bond acceptors (Lipinski definition) is 5. The number of carbonyl (C=O) groups is 1. The number of esters is 1. The first-order chi connectivity index (χ1) is 10.7. The van der Waals surface area contributed by atoms with Gasteiger partial charge in [-0.2, -0.15) is 0 Å². The third-order valence-electron chi connectivity index (χ3n) is 4.08. The lowest BCUT2D eigenvalue weighted by molar-refractivity contribution is 0.0600. The molecule has 5 nitrogen and oxygen atoms in total. The molecule has 5 heteroatoms. The van der Waals surface area contributed by atoms with Gasteiger partial charge in [-0.1, -0.05) is 12.1 Å². The minimum Gasteiger partial charge on any atom is -0.465 e. The Balaban J connectivity index is 2.08. The van der Waals surface area contributed by atoms with E-state index in [-0.39, 0.29) is 12.2 Å². The van der Waals surface area contributed by atoms with Gasteiger partial charge in [0.2, 0.25) is 0 Å². The van der Waals surface area contributed by atoms with Gasteiger partial charge in [0.1, 0.15) is 0 Å². The third-order valence-corrected chi connectivity index (χ3v) is 4.08. The highest BCUT2D eigenvalue weighted by molar-refractivity contribution is 6.14. The molecule has 4 rings (SSSR count). The summed E-state index contributed by atoms with van der Waals surface area (Å²) in [4.78, 5) is 16.2. The fraction of sp³-hybridized carbons (Fsp3) is 0.176. The number of methoxy groups -OCH3 is 2. The van der Waals surface area contributed by atoms with Gasteiger partial charge >= 0.3 is 5.97 Å². The van der Waals surface area contributed by atoms with Gasteiger partial charge in [0.15, 0.2) is 6.23 Å². The molecule has 0 saturated carbocycles. The number of nitrogens with one attached hydrogen (secondary N) is 1. The van der Waals surface area contributed by atoms with Crippen LogP contribution in [0.25, 0.3) is 21.7 Å². The van der Waals surface area contributed by atoms with E-state index >= 15 is 0 Å². The van der Waals surface area contributed by atoms with Crippen LogP contribution in [0.3, 0.4) is 0 Å². The second-order valence-electron chi connectivity index (χ2n) is 5.24. The molecule has 1 unspecified atom stereocenters. The Morgan fingerprint density at radius 1 is 1.23 bits per heavy atom. The fourth-order valence-corrected chi connectivity index (χ4v) is 3.07. The van der Waals surface area contributed by atoms with E-state index in [1.54, 1.807) is 13.3 Å². The molecule has 0 saturated heterocycles. The van der Waals surface area contributed by atoms with Crippen LogP contribution in [0.15, 0.2) is 36.5 Å². The number of anilines is 1. The molecular formula is C17H14N2O3. The summed E-state index contributed by atoms with van der Waals surface area (Å²) in [6, 6.07) is 9.88. The first-order valence-electron chi connectivity index (χ1n) is 6.96. The number of pyridine rings is 1. The van der Waals surface area contributed by atoms with E-state index in [0.717, 1.165) is 32.9 Å². The largest absolute Gasteiger partial charge is 0.465 e. The van der Waals surface area contributed by atoms with Crippen molar-refractivity contribution < 1.29 is 14.3 Å². The number of nitrogens with zero attached hydrogens (tertiary/aromatic N) is 1. The van der Waals surface area contributed by atoms with Crippen LogP contribution < -0.4 is 5.32 Å². The number of fused-ring (bicyclic) bond motifs is 2. The summed E-state index contributed by atoms with van der Waals surface area (Å²) in [5, 5.41) is 6.44. The second-order valence-corrected chi connectivity index (χ2v) is 5.24. The predicted octanol–water partition coefficient (Wildman–Crippen LogP) is 3.25. The van der Waals surface area contributed by atoms with Crippen molar-refractivity contribution in [1.82, 2.24) is 4.98 Å². The van der Waals surface area contributed by atoms with Crippen molar-refractivity contribution in [2.24, 2.45) is 0 Å². The first-order valence-corrected chi connectivity index (χ1v) is 6.96. The summed E-state index contributed by atoms with van der Waals surface area (Å²) in [7, 11) is 3.04. The smallest absolute Gasteiger partial charge is 0.339 e. The molecule has 1 atom stereocenters. The Labute approximate surface area is 126 Å². The van der Waals surface area contributed by atoms with Crippen molar-refractivity contribution in [3.8, 4) is 0 Å². The number of aromatic nitrogens is 1. The maximum absolute atomic E-state index is 11.7. The van der Waals surface area contributed by atoms with Crippen LogP contribution in [0.1, 0.15) is 22.1 Å². The van der Waals surface area contributed by atoms with Gasteiger partial charge < -0.3 is 14.8 Å². The Morgan fingerprint density at radius 2 is 2.09 bits per heavy atom. The second kappa shape index (κ2) is 4.68. The predicted molar refractivity (Wildman–Crippen MR) is 84.0 cm³/mol. The summed E-state index contributed by atoms with van der Waals surface area (Å²) in [6.07, 6.45) is 1.37. The van der Waals surface area contributed by atoms with Gasteiger partial charge in [-0.3, -0.25) is 4.98 Å². The Bertz CT molecular complexity index is 921. The summed E-state index contributed by atoms with van der Waals surface area (Å²) in [6.45, 7) is 0. The van der Waals surface area contributed by atoms with Crippen molar-refractivity contribution in [1.29, 1.82) is 0 Å². The van der Waals surface area contributed by atoms with Gasteiger partial charge in [-0.15, -0.1) is 0 Å². The molecule has 0 spiro atoms. The molecule has 1 aliphatic heterocycles. The van der Waals surface area contributed by atoms with Crippen LogP contribution >= 0.6 is 0 Å². The van der Waals surface area contributed by atoms with Crippen LogP contribution in [-0.2, 0) is 9.47 Å². The average molecular weight is 294 g/mol. The van der Waals surface area contributed by atoms with Crippen LogP contribution in [0, 0.1) is 0 Å². The molecular weight excluding hydrogens is 280 g/mol. The summed E-state index contributed by atoms with van der Waals surface area (Å²) in [5.41, 5.74) is 3.38. The minimum absolute atomic E-state index is 0.175. The van der Waals surface area contributed by atoms with Crippen molar-refractivity contribution >= 4 is 33.3 Å². The molecule has 0 aliphatic carbocycles. The lowest BCUT2D eigenvalue weighted by Gasteiger charge is -2.11. The molecule has 2 heterocycles. The molecule has 22 heavy (non-hydrogen) atoms. The third kappa shape index (κ3) is 1.69. The molecule has 0 radical (unpaired) electrons. The number of ether oxygens (including phenoxy) is 2. The Morgan fingerprint density at radius 3 is 2.86 bits per heavy atom. The van der Waals surface area contributed by atoms with Crippen LogP contribution in [0.4, 0.5) is 5.69 Å². The summed E-state index contributed by atoms with van der Waals surface area (Å²) in [5.74, 6) is -0.384. The van der Waals surface area contributed by atoms with Crippen molar-refractivity contribution in [2.45, 2.75) is 6.23 Å². The maximum atomic E-state index is 11.7. The Hall–Kier alpha value is -2.66. The molecule has 1 aromatic heterocycles. The lowest BCUT2D eigenvalue weighted by atomic mass is 9.99. The molecule has 1 aliphatic rings. The van der Waals surface area contributed by atoms with E-state index < -0.39 is 0 Å². The van der Waals surface area contributed by atoms with E-state index in [1.807, 2.05) is 30.3 Å². The standard InChI is InChI=1S/C17H14N2O3/c1-21-16-12-7-14-11(6-9(8-18-14)17(20)22-2)10-4-3-5-13(19-16)15(10)12/h3-8,16,19H,1-2H3. The SMILES string of the molecule is COC(=O)c1cnc2cc3c4c(cccc4c2c1)NC3OC. The van der Waals surface area contributed by atoms with E-state index in [9.17, 15) is 4.79 Å². The van der Waals surface area contributed by atoms with Gasteiger partial charge in [0, 0.05) is 35.3 Å². The maximum Gasteiger partial charge on any atom is 0.339 e. The van der Waals surface area contributed by atoms with Crippen LogP contribution in [-0.4, -0.2) is 25.2 Å². The molecule has 0 fully saturated rings. The molecule has 0 bridgehead atoms. The lowest BCUT2D eigenvalue weighted by Crippen LogP contribution is -2.06. The van der Waals surface area contributed by atoms with Crippen molar-refractivity contribution in [2.75, 3.05) is 19.5 Å². The number of benzene rings is 2. The van der Waals surface area contributed by atoms with E-state index in [0.29, 0.717) is 5.56 Å². The average Bonchev–Trinajstić information content (AvgIpc) is 2.93. The number of hydrogen-bond donors (Lipinski definition) is 1. The summed E-state index contributed by atoms with van der Waals surface area (Å²) >= 11 is 0. The quantitative estimate of drug-likeness (QED) is 0.580. The highest BCUT2D eigenvalue weighted by Gasteiger charge is 2.25. The van der Waals surface area contributed by atoms with Gasteiger partial charge in [-0.25, -0.2) is 4.79 Å². The zero-order chi connectivity index (χ0) is 15.3. The molecule has 3 aromatic rings. The van der Waals surface area contributed by atoms with Crippen LogP contribution in [0.2, 0.25) is 0 Å². The minimum atomic E-state index is -0.384. The molecule has 2 aromatic carbocycles. The van der Waals surface area contributed by atoms with Gasteiger partial charge in [0.25, 0.3) is 0 Å². The molecule has 0 amide bonds. The normalized spacial score (nSPS) is 16.0. The Kier molecular flexibility index (Phi) is 2.77. The van der Waals surface area contributed by atoms with Crippen molar-refractivity contribution in [3.63, 3.8) is 0 Å². The van der Waals surface area contributed by atoms with Gasteiger partial charge in [-0.05, 0) is 23.6 Å². The zero-order valence-corrected chi connectivity index (χ0v) is 12.2. The number of carbonyl (C=O) groups excluding carboxylic acids is 1. The molecule has 1 N–H and O–H groups in total. The fourth-order valence-electron chi connectivity index (χ4n) is 3.07. The van der Waals surface area contributed by atoms with E-state index in [4.69, 9.17) is 9.47 Å². The topological polar surface area (TPSA) is 60.5 Å². The summed E-state index contributed by atoms with van der Waals surface area (Å²) < 4.78 is 10.3. The van der Waals surface area contributed by atoms with E-state index in [1.165, 1.54) is 7.11 Å². The molecule has 110 valence electrons. The van der Waals surface area contributed by atoms with Crippen LogP contribution in [0.5, 0.6) is 0 Å². The highest BCUT2D eigenvalue weighted by atomic mass is 16.5.